The lowest BCUT2D eigenvalue weighted by atomic mass is 10.2. The van der Waals surface area contributed by atoms with Crippen LogP contribution in [0.1, 0.15) is 33.6 Å². The van der Waals surface area contributed by atoms with Gasteiger partial charge < -0.3 is 18.9 Å². The molecule has 0 aliphatic carbocycles. The molecule has 4 nitrogen and oxygen atoms in total. The molecule has 3 atom stereocenters. The third-order valence-electron chi connectivity index (χ3n) is 2.82. The van der Waals surface area contributed by atoms with Gasteiger partial charge in [0.2, 0.25) is 0 Å². The molecule has 0 amide bonds. The predicted molar refractivity (Wildman–Crippen MR) is 96.5 cm³/mol. The van der Waals surface area contributed by atoms with Crippen LogP contribution in [0.25, 0.3) is 0 Å². The van der Waals surface area contributed by atoms with Crippen LogP contribution in [0.15, 0.2) is 0 Å². The van der Waals surface area contributed by atoms with Crippen LogP contribution in [0.2, 0.25) is 0 Å². The zero-order valence-electron chi connectivity index (χ0n) is 15.4. The van der Waals surface area contributed by atoms with Crippen LogP contribution in [-0.4, -0.2) is 65.6 Å². The highest BCUT2D eigenvalue weighted by Gasteiger charge is 2.00. The molecule has 0 N–H and O–H groups in total. The van der Waals surface area contributed by atoms with Gasteiger partial charge in [-0.25, -0.2) is 0 Å². The van der Waals surface area contributed by atoms with Gasteiger partial charge in [0.1, 0.15) is 0 Å². The van der Waals surface area contributed by atoms with Gasteiger partial charge in [0, 0.05) is 46.8 Å². The van der Waals surface area contributed by atoms with Crippen molar-refractivity contribution in [2.24, 2.45) is 5.92 Å². The summed E-state index contributed by atoms with van der Waals surface area (Å²) in [7, 11) is 6.74. The molecule has 0 spiro atoms. The quantitative estimate of drug-likeness (QED) is 0.545. The largest absolute Gasteiger partial charge is 0.384 e. The fourth-order valence-corrected chi connectivity index (χ4v) is 1.64. The Morgan fingerprint density at radius 1 is 0.727 bits per heavy atom. The van der Waals surface area contributed by atoms with Gasteiger partial charge in [0.25, 0.3) is 0 Å². The second-order valence-corrected chi connectivity index (χ2v) is 5.47. The fourth-order valence-electron chi connectivity index (χ4n) is 1.21. The zero-order valence-corrected chi connectivity index (χ0v) is 16.9. The fraction of sp³-hybridized carbons (Fsp3) is 1.00. The average Bonchev–Trinajstić information content (AvgIpc) is 2.55. The molecule has 0 aromatic carbocycles. The monoisotopic (exact) mass is 362 g/mol. The summed E-state index contributed by atoms with van der Waals surface area (Å²) in [4.78, 5) is 0. The molecule has 0 aliphatic heterocycles. The lowest BCUT2D eigenvalue weighted by Crippen LogP contribution is -2.15. The maximum Gasteiger partial charge on any atom is 0.0801 e. The molecule has 0 saturated heterocycles. The van der Waals surface area contributed by atoms with Crippen molar-refractivity contribution < 1.29 is 18.9 Å². The van der Waals surface area contributed by atoms with Gasteiger partial charge in [-0.05, 0) is 18.8 Å². The molecule has 22 heavy (non-hydrogen) atoms. The van der Waals surface area contributed by atoms with Crippen molar-refractivity contribution in [3.8, 4) is 0 Å². The van der Waals surface area contributed by atoms with E-state index in [2.05, 4.69) is 20.8 Å². The van der Waals surface area contributed by atoms with Crippen molar-refractivity contribution >= 4 is 23.2 Å². The van der Waals surface area contributed by atoms with E-state index in [1.54, 1.807) is 28.4 Å². The Balaban J connectivity index is -0.000000247. The van der Waals surface area contributed by atoms with Crippen LogP contribution < -0.4 is 0 Å². The molecular formula is C16H36Cl2O4. The Hall–Kier alpha value is 0.420. The summed E-state index contributed by atoms with van der Waals surface area (Å²) < 4.78 is 19.6. The van der Waals surface area contributed by atoms with Crippen LogP contribution in [0.4, 0.5) is 0 Å². The highest BCUT2D eigenvalue weighted by atomic mass is 35.5. The lowest BCUT2D eigenvalue weighted by molar-refractivity contribution is 0.0265. The maximum absolute atomic E-state index is 5.45. The second kappa shape index (κ2) is 23.7. The molecule has 0 fully saturated rings. The van der Waals surface area contributed by atoms with E-state index >= 15 is 0 Å². The molecule has 0 aliphatic rings. The third-order valence-corrected chi connectivity index (χ3v) is 3.69. The molecular weight excluding hydrogens is 327 g/mol. The van der Waals surface area contributed by atoms with E-state index in [1.165, 1.54) is 0 Å². The molecule has 0 heterocycles. The van der Waals surface area contributed by atoms with E-state index < -0.39 is 0 Å². The maximum atomic E-state index is 5.45. The molecule has 0 aromatic heterocycles. The Bertz CT molecular complexity index is 172. The van der Waals surface area contributed by atoms with Gasteiger partial charge >= 0.3 is 0 Å². The SMILES string of the molecule is CCC(CCl)OC.CCC(COC)OC.COCC(C)CCl. The van der Waals surface area contributed by atoms with Gasteiger partial charge in [0.15, 0.2) is 0 Å². The molecule has 138 valence electrons. The molecule has 3 unspecified atom stereocenters. The van der Waals surface area contributed by atoms with Crippen molar-refractivity contribution in [2.75, 3.05) is 53.4 Å². The van der Waals surface area contributed by atoms with Crippen molar-refractivity contribution in [2.45, 2.75) is 45.8 Å². The first-order valence-electron chi connectivity index (χ1n) is 7.66. The van der Waals surface area contributed by atoms with Crippen LogP contribution in [0.5, 0.6) is 0 Å². The van der Waals surface area contributed by atoms with Gasteiger partial charge in [-0.3, -0.25) is 0 Å². The van der Waals surface area contributed by atoms with Crippen LogP contribution in [0.3, 0.4) is 0 Å². The first-order valence-corrected chi connectivity index (χ1v) is 8.73. The number of ether oxygens (including phenoxy) is 4. The van der Waals surface area contributed by atoms with Crippen molar-refractivity contribution in [3.05, 3.63) is 0 Å². The number of methoxy groups -OCH3 is 4. The minimum atomic E-state index is 0.252. The number of halogens is 2. The summed E-state index contributed by atoms with van der Waals surface area (Å²) in [5.74, 6) is 1.78. The standard InChI is InChI=1S/C6H14O2.2C5H11ClO/c1-4-6(8-3)5-7-2;1-5(3-6)4-7-2;1-3-5(4-6)7-2/h6H,4-5H2,1-3H3;2*5H,3-4H2,1-2H3. The van der Waals surface area contributed by atoms with Crippen LogP contribution in [-0.2, 0) is 18.9 Å². The van der Waals surface area contributed by atoms with E-state index in [-0.39, 0.29) is 12.2 Å². The number of hydrogen-bond acceptors (Lipinski definition) is 4. The summed E-state index contributed by atoms with van der Waals surface area (Å²) >= 11 is 10.9. The van der Waals surface area contributed by atoms with Gasteiger partial charge in [-0.15, -0.1) is 23.2 Å². The van der Waals surface area contributed by atoms with Crippen LogP contribution in [0, 0.1) is 5.92 Å². The Kier molecular flexibility index (Phi) is 29.4. The highest BCUT2D eigenvalue weighted by molar-refractivity contribution is 6.18. The molecule has 0 saturated carbocycles. The topological polar surface area (TPSA) is 36.9 Å². The minimum Gasteiger partial charge on any atom is -0.384 e. The molecule has 0 radical (unpaired) electrons. The molecule has 6 heteroatoms. The lowest BCUT2D eigenvalue weighted by Gasteiger charge is -2.09. The van der Waals surface area contributed by atoms with Crippen LogP contribution >= 0.6 is 23.2 Å². The number of rotatable bonds is 10. The summed E-state index contributed by atoms with van der Waals surface area (Å²) in [5, 5.41) is 0. The third kappa shape index (κ3) is 22.7. The van der Waals surface area contributed by atoms with E-state index in [9.17, 15) is 0 Å². The number of alkyl halides is 2. The Morgan fingerprint density at radius 3 is 1.27 bits per heavy atom. The Morgan fingerprint density at radius 2 is 1.18 bits per heavy atom. The molecule has 0 rings (SSSR count). The summed E-state index contributed by atoms with van der Waals surface area (Å²) in [6.07, 6.45) is 2.55. The van der Waals surface area contributed by atoms with E-state index in [0.717, 1.165) is 19.4 Å². The number of hydrogen-bond donors (Lipinski definition) is 0. The average molecular weight is 363 g/mol. The smallest absolute Gasteiger partial charge is 0.0801 e. The molecule has 0 bridgehead atoms. The van der Waals surface area contributed by atoms with Gasteiger partial charge in [0.05, 0.1) is 18.8 Å². The summed E-state index contributed by atoms with van der Waals surface area (Å²) in [6.45, 7) is 7.65. The van der Waals surface area contributed by atoms with E-state index in [4.69, 9.17) is 42.1 Å². The van der Waals surface area contributed by atoms with Crippen molar-refractivity contribution in [3.63, 3.8) is 0 Å². The summed E-state index contributed by atoms with van der Waals surface area (Å²) in [6, 6.07) is 0. The second-order valence-electron chi connectivity index (χ2n) is 4.86. The first kappa shape index (κ1) is 27.3. The minimum absolute atomic E-state index is 0.252. The zero-order chi connectivity index (χ0) is 17.8. The van der Waals surface area contributed by atoms with E-state index in [0.29, 0.717) is 24.3 Å². The van der Waals surface area contributed by atoms with E-state index in [1.807, 2.05) is 0 Å². The predicted octanol–water partition coefficient (Wildman–Crippen LogP) is 4.22. The summed E-state index contributed by atoms with van der Waals surface area (Å²) in [5.41, 5.74) is 0. The molecule has 0 aromatic rings. The highest BCUT2D eigenvalue weighted by Crippen LogP contribution is 1.97. The Labute approximate surface area is 147 Å². The normalized spacial score (nSPS) is 14.0. The van der Waals surface area contributed by atoms with Gasteiger partial charge in [-0.2, -0.15) is 0 Å². The van der Waals surface area contributed by atoms with Gasteiger partial charge in [-0.1, -0.05) is 20.8 Å². The van der Waals surface area contributed by atoms with Crippen molar-refractivity contribution in [1.29, 1.82) is 0 Å². The van der Waals surface area contributed by atoms with Crippen molar-refractivity contribution in [1.82, 2.24) is 0 Å². The first-order chi connectivity index (χ1) is 10.5.